The van der Waals surface area contributed by atoms with E-state index in [1.807, 2.05) is 0 Å². The molecule has 5 nitrogen and oxygen atoms in total. The Morgan fingerprint density at radius 1 is 1.43 bits per heavy atom. The number of nitrogens with two attached hydrogens (primary N) is 1. The third kappa shape index (κ3) is 4.47. The highest BCUT2D eigenvalue weighted by Gasteiger charge is 2.20. The third-order valence-electron chi connectivity index (χ3n) is 3.83. The van der Waals surface area contributed by atoms with Gasteiger partial charge >= 0.3 is 0 Å². The van der Waals surface area contributed by atoms with Gasteiger partial charge in [0.1, 0.15) is 4.99 Å². The lowest BCUT2D eigenvalue weighted by atomic mass is 9.98. The average Bonchev–Trinajstić information content (AvgIpc) is 2.47. The van der Waals surface area contributed by atoms with Crippen molar-refractivity contribution in [3.63, 3.8) is 0 Å². The number of benzene rings is 1. The van der Waals surface area contributed by atoms with Gasteiger partial charge < -0.3 is 10.6 Å². The van der Waals surface area contributed by atoms with E-state index in [9.17, 15) is 8.42 Å². The summed E-state index contributed by atoms with van der Waals surface area (Å²) in [5.74, 6) is 0.398. The molecular formula is C14H21N3O2S2. The maximum Gasteiger partial charge on any atom is 0.240 e. The van der Waals surface area contributed by atoms with E-state index in [4.69, 9.17) is 18.0 Å². The van der Waals surface area contributed by atoms with E-state index < -0.39 is 10.0 Å². The third-order valence-corrected chi connectivity index (χ3v) is 5.49. The summed E-state index contributed by atoms with van der Waals surface area (Å²) in [6.45, 7) is 2.51. The summed E-state index contributed by atoms with van der Waals surface area (Å²) in [5, 5.41) is 0. The largest absolute Gasteiger partial charge is 0.389 e. The highest BCUT2D eigenvalue weighted by Crippen LogP contribution is 2.17. The van der Waals surface area contributed by atoms with Gasteiger partial charge in [0.2, 0.25) is 10.0 Å². The fourth-order valence-electron chi connectivity index (χ4n) is 2.39. The topological polar surface area (TPSA) is 75.4 Å². The Bertz CT molecular complexity index is 608. The molecule has 1 aliphatic rings. The van der Waals surface area contributed by atoms with Crippen molar-refractivity contribution >= 4 is 27.2 Å². The molecule has 7 heteroatoms. The van der Waals surface area contributed by atoms with Crippen molar-refractivity contribution in [3.8, 4) is 0 Å². The molecule has 0 aromatic heterocycles. The highest BCUT2D eigenvalue weighted by molar-refractivity contribution is 7.89. The predicted octanol–water partition coefficient (Wildman–Crippen LogP) is 0.941. The Morgan fingerprint density at radius 3 is 2.71 bits per heavy atom. The monoisotopic (exact) mass is 327 g/mol. The van der Waals surface area contributed by atoms with E-state index in [1.54, 1.807) is 18.2 Å². The van der Waals surface area contributed by atoms with Crippen LogP contribution in [0.2, 0.25) is 0 Å². The molecule has 0 unspecified atom stereocenters. The molecule has 0 amide bonds. The molecule has 0 atom stereocenters. The first kappa shape index (κ1) is 16.4. The second kappa shape index (κ2) is 6.83. The number of thiocarbonyl (C=S) groups is 1. The first-order valence-electron chi connectivity index (χ1n) is 6.96. The normalized spacial score (nSPS) is 17.8. The second-order valence-electron chi connectivity index (χ2n) is 5.49. The van der Waals surface area contributed by atoms with E-state index >= 15 is 0 Å². The lowest BCUT2D eigenvalue weighted by molar-refractivity contribution is 0.220. The number of sulfonamides is 1. The number of piperidine rings is 1. The zero-order valence-corrected chi connectivity index (χ0v) is 13.7. The minimum atomic E-state index is -3.51. The van der Waals surface area contributed by atoms with Gasteiger partial charge in [0, 0.05) is 12.1 Å². The number of nitrogens with zero attached hydrogens (tertiary/aromatic N) is 1. The number of hydrogen-bond donors (Lipinski definition) is 2. The molecule has 0 spiro atoms. The molecule has 3 N–H and O–H groups in total. The number of likely N-dealkylation sites (tertiary alicyclic amines) is 1. The predicted molar refractivity (Wildman–Crippen MR) is 87.7 cm³/mol. The standard InChI is InChI=1S/C14H21N3O2S2/c1-17-7-5-11(6-8-17)10-16-21(18,19)13-4-2-3-12(9-13)14(15)20/h2-4,9,11,16H,5-8,10H2,1H3,(H2,15,20). The van der Waals surface area contributed by atoms with E-state index in [0.29, 0.717) is 18.0 Å². The van der Waals surface area contributed by atoms with Crippen molar-refractivity contribution in [3.05, 3.63) is 29.8 Å². The average molecular weight is 327 g/mol. The first-order valence-corrected chi connectivity index (χ1v) is 8.86. The molecular weight excluding hydrogens is 306 g/mol. The minimum absolute atomic E-state index is 0.197. The van der Waals surface area contributed by atoms with E-state index in [-0.39, 0.29) is 9.88 Å². The molecule has 1 aromatic carbocycles. The van der Waals surface area contributed by atoms with Crippen molar-refractivity contribution in [2.24, 2.45) is 11.7 Å². The summed E-state index contributed by atoms with van der Waals surface area (Å²) < 4.78 is 27.3. The Hall–Kier alpha value is -1.02. The van der Waals surface area contributed by atoms with Crippen LogP contribution < -0.4 is 10.5 Å². The molecule has 2 rings (SSSR count). The Kier molecular flexibility index (Phi) is 5.32. The SMILES string of the molecule is CN1CCC(CNS(=O)(=O)c2cccc(C(N)=S)c2)CC1. The number of rotatable bonds is 5. The van der Waals surface area contributed by atoms with Gasteiger partial charge in [-0.15, -0.1) is 0 Å². The molecule has 1 aromatic rings. The van der Waals surface area contributed by atoms with Crippen molar-refractivity contribution in [1.29, 1.82) is 0 Å². The molecule has 1 saturated heterocycles. The quantitative estimate of drug-likeness (QED) is 0.787. The lowest BCUT2D eigenvalue weighted by Crippen LogP contribution is -2.36. The Morgan fingerprint density at radius 2 is 2.10 bits per heavy atom. The summed E-state index contributed by atoms with van der Waals surface area (Å²) in [7, 11) is -1.42. The minimum Gasteiger partial charge on any atom is -0.389 e. The number of hydrogen-bond acceptors (Lipinski definition) is 4. The van der Waals surface area contributed by atoms with Crippen LogP contribution in [0.4, 0.5) is 0 Å². The maximum absolute atomic E-state index is 12.3. The molecule has 1 fully saturated rings. The van der Waals surface area contributed by atoms with Crippen LogP contribution in [-0.4, -0.2) is 45.0 Å². The molecule has 1 aliphatic heterocycles. The van der Waals surface area contributed by atoms with E-state index in [0.717, 1.165) is 25.9 Å². The highest BCUT2D eigenvalue weighted by atomic mass is 32.2. The number of nitrogens with one attached hydrogen (secondary N) is 1. The second-order valence-corrected chi connectivity index (χ2v) is 7.70. The van der Waals surface area contributed by atoms with Crippen molar-refractivity contribution in [2.45, 2.75) is 17.7 Å². The molecule has 0 radical (unpaired) electrons. The molecule has 1 heterocycles. The summed E-state index contributed by atoms with van der Waals surface area (Å²) in [6, 6.07) is 6.43. The van der Waals surface area contributed by atoms with Crippen LogP contribution in [0.3, 0.4) is 0 Å². The summed E-state index contributed by atoms with van der Waals surface area (Å²) in [4.78, 5) is 2.67. The van der Waals surface area contributed by atoms with Crippen molar-refractivity contribution < 1.29 is 8.42 Å². The fourth-order valence-corrected chi connectivity index (χ4v) is 3.68. The van der Waals surface area contributed by atoms with Gasteiger partial charge in [0.15, 0.2) is 0 Å². The van der Waals surface area contributed by atoms with Gasteiger partial charge in [-0.3, -0.25) is 0 Å². The Labute approximate surface area is 131 Å². The van der Waals surface area contributed by atoms with Crippen LogP contribution in [-0.2, 0) is 10.0 Å². The van der Waals surface area contributed by atoms with Crippen LogP contribution in [0, 0.1) is 5.92 Å². The smallest absolute Gasteiger partial charge is 0.240 e. The zero-order valence-electron chi connectivity index (χ0n) is 12.1. The van der Waals surface area contributed by atoms with Crippen molar-refractivity contribution in [1.82, 2.24) is 9.62 Å². The van der Waals surface area contributed by atoms with Gasteiger partial charge in [-0.1, -0.05) is 24.4 Å². The maximum atomic E-state index is 12.3. The van der Waals surface area contributed by atoms with Gasteiger partial charge in [-0.25, -0.2) is 13.1 Å². The molecule has 0 aliphatic carbocycles. The zero-order chi connectivity index (χ0) is 15.5. The molecule has 21 heavy (non-hydrogen) atoms. The van der Waals surface area contributed by atoms with Crippen LogP contribution in [0.25, 0.3) is 0 Å². The van der Waals surface area contributed by atoms with Gasteiger partial charge in [0.05, 0.1) is 4.90 Å². The summed E-state index contributed by atoms with van der Waals surface area (Å²) in [6.07, 6.45) is 2.04. The van der Waals surface area contributed by atoms with E-state index in [1.165, 1.54) is 6.07 Å². The van der Waals surface area contributed by atoms with Gasteiger partial charge in [-0.05, 0) is 51.0 Å². The first-order chi connectivity index (χ1) is 9.88. The summed E-state index contributed by atoms with van der Waals surface area (Å²) in [5.41, 5.74) is 6.10. The molecule has 0 bridgehead atoms. The van der Waals surface area contributed by atoms with Gasteiger partial charge in [0.25, 0.3) is 0 Å². The van der Waals surface area contributed by atoms with Crippen LogP contribution in [0.1, 0.15) is 18.4 Å². The van der Waals surface area contributed by atoms with Gasteiger partial charge in [-0.2, -0.15) is 0 Å². The van der Waals surface area contributed by atoms with Crippen LogP contribution in [0.5, 0.6) is 0 Å². The van der Waals surface area contributed by atoms with Crippen molar-refractivity contribution in [2.75, 3.05) is 26.7 Å². The van der Waals surface area contributed by atoms with Crippen LogP contribution in [0.15, 0.2) is 29.2 Å². The molecule has 116 valence electrons. The fraction of sp³-hybridized carbons (Fsp3) is 0.500. The van der Waals surface area contributed by atoms with E-state index in [2.05, 4.69) is 16.7 Å². The molecule has 0 saturated carbocycles. The van der Waals surface area contributed by atoms with Crippen LogP contribution >= 0.6 is 12.2 Å². The summed E-state index contributed by atoms with van der Waals surface area (Å²) >= 11 is 4.88. The Balaban J connectivity index is 2.01. The lowest BCUT2D eigenvalue weighted by Gasteiger charge is -2.28.